The number of benzene rings is 1. The Labute approximate surface area is 119 Å². The highest BCUT2D eigenvalue weighted by Gasteiger charge is 2.13. The molecule has 2 heterocycles. The van der Waals surface area contributed by atoms with E-state index in [1.54, 1.807) is 0 Å². The van der Waals surface area contributed by atoms with Crippen LogP contribution >= 0.6 is 11.3 Å². The van der Waals surface area contributed by atoms with Gasteiger partial charge in [0.1, 0.15) is 0 Å². The Morgan fingerprint density at radius 3 is 2.47 bits per heavy atom. The van der Waals surface area contributed by atoms with Gasteiger partial charge < -0.3 is 4.90 Å². The lowest BCUT2D eigenvalue weighted by molar-refractivity contribution is 0.949. The summed E-state index contributed by atoms with van der Waals surface area (Å²) in [6, 6.07) is 8.94. The van der Waals surface area contributed by atoms with Crippen molar-refractivity contribution >= 4 is 17.0 Å². The zero-order valence-electron chi connectivity index (χ0n) is 11.6. The normalized spacial score (nSPS) is 15.2. The van der Waals surface area contributed by atoms with Gasteiger partial charge in [-0.15, -0.1) is 11.3 Å². The van der Waals surface area contributed by atoms with Crippen molar-refractivity contribution < 1.29 is 0 Å². The topological polar surface area (TPSA) is 16.1 Å². The summed E-state index contributed by atoms with van der Waals surface area (Å²) >= 11 is 1.82. The first-order chi connectivity index (χ1) is 9.28. The van der Waals surface area contributed by atoms with Crippen LogP contribution in [0, 0.1) is 6.92 Å². The molecular formula is C16H20N2S. The van der Waals surface area contributed by atoms with Crippen molar-refractivity contribution in [2.75, 3.05) is 18.0 Å². The van der Waals surface area contributed by atoms with E-state index in [0.29, 0.717) is 0 Å². The molecule has 1 saturated heterocycles. The molecule has 1 aromatic carbocycles. The Bertz CT molecular complexity index is 551. The SMILES string of the molecule is CCc1sc(C)nc1-c1ccc(N2CCCC2)cc1. The highest BCUT2D eigenvalue weighted by Crippen LogP contribution is 2.30. The third-order valence-corrected chi connectivity index (χ3v) is 4.85. The summed E-state index contributed by atoms with van der Waals surface area (Å²) in [6.45, 7) is 6.70. The molecule has 2 nitrogen and oxygen atoms in total. The lowest BCUT2D eigenvalue weighted by atomic mass is 10.1. The second-order valence-electron chi connectivity index (χ2n) is 5.10. The summed E-state index contributed by atoms with van der Waals surface area (Å²) in [7, 11) is 0. The van der Waals surface area contributed by atoms with Crippen molar-refractivity contribution in [2.24, 2.45) is 0 Å². The van der Waals surface area contributed by atoms with Gasteiger partial charge in [-0.1, -0.05) is 19.1 Å². The van der Waals surface area contributed by atoms with Crippen molar-refractivity contribution in [1.29, 1.82) is 0 Å². The molecule has 1 aliphatic rings. The first kappa shape index (κ1) is 12.7. The Kier molecular flexibility index (Phi) is 3.56. The van der Waals surface area contributed by atoms with E-state index in [-0.39, 0.29) is 0 Å². The Balaban J connectivity index is 1.89. The van der Waals surface area contributed by atoms with E-state index < -0.39 is 0 Å². The zero-order valence-corrected chi connectivity index (χ0v) is 12.5. The molecule has 0 spiro atoms. The van der Waals surface area contributed by atoms with Crippen molar-refractivity contribution in [1.82, 2.24) is 4.98 Å². The molecular weight excluding hydrogens is 252 g/mol. The van der Waals surface area contributed by atoms with Gasteiger partial charge in [-0.3, -0.25) is 0 Å². The lowest BCUT2D eigenvalue weighted by Crippen LogP contribution is -2.17. The van der Waals surface area contributed by atoms with E-state index in [9.17, 15) is 0 Å². The number of rotatable bonds is 3. The number of aromatic nitrogens is 1. The van der Waals surface area contributed by atoms with Gasteiger partial charge in [0.25, 0.3) is 0 Å². The Hall–Kier alpha value is -1.35. The number of thiazole rings is 1. The summed E-state index contributed by atoms with van der Waals surface area (Å²) in [6.07, 6.45) is 3.72. The molecule has 3 heteroatoms. The number of hydrogen-bond donors (Lipinski definition) is 0. The van der Waals surface area contributed by atoms with Crippen LogP contribution in [0.1, 0.15) is 29.7 Å². The monoisotopic (exact) mass is 272 g/mol. The quantitative estimate of drug-likeness (QED) is 0.829. The molecule has 3 rings (SSSR count). The minimum absolute atomic E-state index is 1.06. The number of nitrogens with zero attached hydrogens (tertiary/aromatic N) is 2. The maximum absolute atomic E-state index is 4.68. The number of hydrogen-bond acceptors (Lipinski definition) is 3. The second-order valence-corrected chi connectivity index (χ2v) is 6.39. The van der Waals surface area contributed by atoms with Gasteiger partial charge in [0.05, 0.1) is 10.7 Å². The zero-order chi connectivity index (χ0) is 13.2. The summed E-state index contributed by atoms with van der Waals surface area (Å²) in [5, 5.41) is 1.16. The molecule has 0 saturated carbocycles. The van der Waals surface area contributed by atoms with Crippen molar-refractivity contribution in [3.8, 4) is 11.3 Å². The molecule has 0 bridgehead atoms. The van der Waals surface area contributed by atoms with Gasteiger partial charge >= 0.3 is 0 Å². The molecule has 0 unspecified atom stereocenters. The first-order valence-electron chi connectivity index (χ1n) is 7.09. The summed E-state index contributed by atoms with van der Waals surface area (Å²) < 4.78 is 0. The molecule has 19 heavy (non-hydrogen) atoms. The fourth-order valence-electron chi connectivity index (χ4n) is 2.74. The van der Waals surface area contributed by atoms with Gasteiger partial charge in [-0.25, -0.2) is 4.98 Å². The lowest BCUT2D eigenvalue weighted by Gasteiger charge is -2.17. The van der Waals surface area contributed by atoms with Crippen LogP contribution in [-0.2, 0) is 6.42 Å². The molecule has 1 aliphatic heterocycles. The largest absolute Gasteiger partial charge is 0.372 e. The summed E-state index contributed by atoms with van der Waals surface area (Å²) in [5.41, 5.74) is 3.79. The van der Waals surface area contributed by atoms with E-state index in [2.05, 4.69) is 48.0 Å². The molecule has 0 amide bonds. The molecule has 1 fully saturated rings. The molecule has 0 radical (unpaired) electrons. The van der Waals surface area contributed by atoms with Crippen LogP contribution in [0.25, 0.3) is 11.3 Å². The molecule has 0 N–H and O–H groups in total. The van der Waals surface area contributed by atoms with Crippen LogP contribution in [0.5, 0.6) is 0 Å². The van der Waals surface area contributed by atoms with E-state index in [0.717, 1.165) is 11.4 Å². The van der Waals surface area contributed by atoms with Gasteiger partial charge in [-0.2, -0.15) is 0 Å². The smallest absolute Gasteiger partial charge is 0.0904 e. The van der Waals surface area contributed by atoms with Crippen LogP contribution < -0.4 is 4.90 Å². The predicted octanol–water partition coefficient (Wildman–Crippen LogP) is 4.28. The van der Waals surface area contributed by atoms with E-state index in [1.165, 1.54) is 47.8 Å². The summed E-state index contributed by atoms with van der Waals surface area (Å²) in [4.78, 5) is 8.55. The maximum Gasteiger partial charge on any atom is 0.0904 e. The van der Waals surface area contributed by atoms with Crippen molar-refractivity contribution in [2.45, 2.75) is 33.1 Å². The standard InChI is InChI=1S/C16H20N2S/c1-3-15-16(17-12(2)19-15)13-6-8-14(9-7-13)18-10-4-5-11-18/h6-9H,3-5,10-11H2,1-2H3. The Morgan fingerprint density at radius 2 is 1.84 bits per heavy atom. The second kappa shape index (κ2) is 5.33. The van der Waals surface area contributed by atoms with Crippen molar-refractivity contribution in [3.05, 3.63) is 34.2 Å². The van der Waals surface area contributed by atoms with Crippen molar-refractivity contribution in [3.63, 3.8) is 0 Å². The third-order valence-electron chi connectivity index (χ3n) is 3.74. The molecule has 0 aliphatic carbocycles. The molecule has 1 aromatic heterocycles. The molecule has 2 aromatic rings. The first-order valence-corrected chi connectivity index (χ1v) is 7.91. The predicted molar refractivity (Wildman–Crippen MR) is 83.1 cm³/mol. The van der Waals surface area contributed by atoms with Gasteiger partial charge in [0.15, 0.2) is 0 Å². The fraction of sp³-hybridized carbons (Fsp3) is 0.438. The van der Waals surface area contributed by atoms with Gasteiger partial charge in [-0.05, 0) is 38.3 Å². The highest BCUT2D eigenvalue weighted by molar-refractivity contribution is 7.12. The van der Waals surface area contributed by atoms with Crippen LogP contribution in [0.2, 0.25) is 0 Å². The van der Waals surface area contributed by atoms with Crippen LogP contribution in [0.15, 0.2) is 24.3 Å². The molecule has 0 atom stereocenters. The minimum atomic E-state index is 1.06. The van der Waals surface area contributed by atoms with Crippen LogP contribution in [0.4, 0.5) is 5.69 Å². The minimum Gasteiger partial charge on any atom is -0.372 e. The average Bonchev–Trinajstić information content (AvgIpc) is 3.08. The van der Waals surface area contributed by atoms with Gasteiger partial charge in [0.2, 0.25) is 0 Å². The van der Waals surface area contributed by atoms with Gasteiger partial charge in [0, 0.05) is 29.2 Å². The highest BCUT2D eigenvalue weighted by atomic mass is 32.1. The molecule has 100 valence electrons. The number of aryl methyl sites for hydroxylation is 2. The number of anilines is 1. The summed E-state index contributed by atoms with van der Waals surface area (Å²) in [5.74, 6) is 0. The average molecular weight is 272 g/mol. The van der Waals surface area contributed by atoms with E-state index in [4.69, 9.17) is 0 Å². The maximum atomic E-state index is 4.68. The fourth-order valence-corrected chi connectivity index (χ4v) is 3.64. The Morgan fingerprint density at radius 1 is 1.16 bits per heavy atom. The van der Waals surface area contributed by atoms with E-state index in [1.807, 2.05) is 11.3 Å². The van der Waals surface area contributed by atoms with Crippen LogP contribution in [0.3, 0.4) is 0 Å². The van der Waals surface area contributed by atoms with Crippen LogP contribution in [-0.4, -0.2) is 18.1 Å². The van der Waals surface area contributed by atoms with E-state index >= 15 is 0 Å². The third kappa shape index (κ3) is 2.52.